The maximum absolute atomic E-state index is 13.2. The van der Waals surface area contributed by atoms with Crippen molar-refractivity contribution in [1.82, 2.24) is 9.47 Å². The van der Waals surface area contributed by atoms with Crippen LogP contribution in [0.2, 0.25) is 0 Å². The zero-order chi connectivity index (χ0) is 23.8. The molecule has 0 radical (unpaired) electrons. The Kier molecular flexibility index (Phi) is 6.99. The van der Waals surface area contributed by atoms with Crippen molar-refractivity contribution < 1.29 is 27.6 Å². The standard InChI is InChI=1S/C22H25BrN2O6S/c1-5-31-22(27)18-17-14(12-24(2)3)20(26)15(23)11-16(17)25(4)19(18)21(32(28,29)30)13-9-7-6-8-10-13/h6-11,21,26H,5,12H2,1-4H3,(H,28,29,30). The number of rotatable bonds is 7. The molecule has 0 aliphatic heterocycles. The van der Waals surface area contributed by atoms with Crippen molar-refractivity contribution in [3.8, 4) is 5.75 Å². The molecule has 0 amide bonds. The molecule has 0 saturated carbocycles. The monoisotopic (exact) mass is 524 g/mol. The van der Waals surface area contributed by atoms with Crippen LogP contribution in [-0.4, -0.2) is 54.2 Å². The minimum Gasteiger partial charge on any atom is -0.506 e. The van der Waals surface area contributed by atoms with E-state index in [4.69, 9.17) is 4.74 Å². The lowest BCUT2D eigenvalue weighted by molar-refractivity contribution is 0.0527. The van der Waals surface area contributed by atoms with Gasteiger partial charge in [-0.25, -0.2) is 4.79 Å². The third-order valence-corrected chi connectivity index (χ3v) is 6.86. The summed E-state index contributed by atoms with van der Waals surface area (Å²) in [7, 11) is 0.555. The lowest BCUT2D eigenvalue weighted by atomic mass is 10.00. The fourth-order valence-electron chi connectivity index (χ4n) is 3.93. The zero-order valence-electron chi connectivity index (χ0n) is 18.2. The summed E-state index contributed by atoms with van der Waals surface area (Å²) in [6.07, 6.45) is 0. The van der Waals surface area contributed by atoms with Gasteiger partial charge in [0.1, 0.15) is 5.75 Å². The van der Waals surface area contributed by atoms with E-state index in [0.29, 0.717) is 26.5 Å². The lowest BCUT2D eigenvalue weighted by Crippen LogP contribution is -2.20. The van der Waals surface area contributed by atoms with Crippen molar-refractivity contribution >= 4 is 42.9 Å². The first-order valence-electron chi connectivity index (χ1n) is 9.84. The Morgan fingerprint density at radius 1 is 1.25 bits per heavy atom. The van der Waals surface area contributed by atoms with Crippen LogP contribution in [0.1, 0.15) is 39.4 Å². The van der Waals surface area contributed by atoms with Crippen LogP contribution in [-0.2, 0) is 28.4 Å². The second kappa shape index (κ2) is 9.22. The lowest BCUT2D eigenvalue weighted by Gasteiger charge is -2.18. The van der Waals surface area contributed by atoms with Gasteiger partial charge in [0.2, 0.25) is 0 Å². The number of nitrogens with zero attached hydrogens (tertiary/aromatic N) is 2. The third-order valence-electron chi connectivity index (χ3n) is 5.16. The summed E-state index contributed by atoms with van der Waals surface area (Å²) >= 11 is 3.35. The Balaban J connectivity index is 2.54. The predicted octanol–water partition coefficient (Wildman–Crippen LogP) is 3.86. The molecule has 3 rings (SSSR count). The van der Waals surface area contributed by atoms with Gasteiger partial charge < -0.3 is 19.3 Å². The maximum atomic E-state index is 13.2. The van der Waals surface area contributed by atoms with Gasteiger partial charge in [0, 0.05) is 24.5 Å². The molecule has 3 aromatic rings. The highest BCUT2D eigenvalue weighted by Crippen LogP contribution is 2.43. The van der Waals surface area contributed by atoms with Crippen LogP contribution in [0.4, 0.5) is 0 Å². The molecule has 172 valence electrons. The number of benzene rings is 2. The molecule has 0 saturated heterocycles. The fourth-order valence-corrected chi connectivity index (χ4v) is 5.45. The number of hydrogen-bond acceptors (Lipinski definition) is 6. The zero-order valence-corrected chi connectivity index (χ0v) is 20.6. The molecule has 32 heavy (non-hydrogen) atoms. The number of carbonyl (C=O) groups is 1. The molecule has 0 aliphatic carbocycles. The van der Waals surface area contributed by atoms with E-state index in [2.05, 4.69) is 15.9 Å². The fraction of sp³-hybridized carbons (Fsp3) is 0.318. The van der Waals surface area contributed by atoms with Crippen LogP contribution in [0.15, 0.2) is 40.9 Å². The number of aromatic hydroxyl groups is 1. The number of fused-ring (bicyclic) bond motifs is 1. The highest BCUT2D eigenvalue weighted by Gasteiger charge is 2.37. The number of hydrogen-bond donors (Lipinski definition) is 2. The molecule has 1 aromatic heterocycles. The Labute approximate surface area is 195 Å². The van der Waals surface area contributed by atoms with Crippen molar-refractivity contribution in [2.45, 2.75) is 18.7 Å². The van der Waals surface area contributed by atoms with E-state index in [1.165, 1.54) is 0 Å². The van der Waals surface area contributed by atoms with Crippen molar-refractivity contribution in [2.24, 2.45) is 7.05 Å². The van der Waals surface area contributed by atoms with Crippen LogP contribution < -0.4 is 0 Å². The molecule has 1 heterocycles. The molecular formula is C22H25BrN2O6S. The Morgan fingerprint density at radius 3 is 2.41 bits per heavy atom. The minimum atomic E-state index is -4.68. The van der Waals surface area contributed by atoms with Gasteiger partial charge in [-0.1, -0.05) is 30.3 Å². The number of carbonyl (C=O) groups excluding carboxylic acids is 1. The van der Waals surface area contributed by atoms with Gasteiger partial charge in [-0.15, -0.1) is 0 Å². The average molecular weight is 525 g/mol. The van der Waals surface area contributed by atoms with E-state index in [-0.39, 0.29) is 30.2 Å². The van der Waals surface area contributed by atoms with Gasteiger partial charge in [0.25, 0.3) is 10.1 Å². The number of esters is 1. The first-order valence-corrected chi connectivity index (χ1v) is 12.1. The number of phenolic OH excluding ortho intramolecular Hbond substituents is 1. The summed E-state index contributed by atoms with van der Waals surface area (Å²) in [4.78, 5) is 15.0. The van der Waals surface area contributed by atoms with Crippen LogP contribution in [0, 0.1) is 0 Å². The van der Waals surface area contributed by atoms with Crippen LogP contribution in [0.3, 0.4) is 0 Å². The summed E-state index contributed by atoms with van der Waals surface area (Å²) in [6.45, 7) is 2.00. The van der Waals surface area contributed by atoms with E-state index >= 15 is 0 Å². The topological polar surface area (TPSA) is 109 Å². The van der Waals surface area contributed by atoms with E-state index in [9.17, 15) is 22.9 Å². The molecule has 1 unspecified atom stereocenters. The number of aromatic nitrogens is 1. The van der Waals surface area contributed by atoms with E-state index in [1.54, 1.807) is 54.9 Å². The van der Waals surface area contributed by atoms with Gasteiger partial charge >= 0.3 is 5.97 Å². The van der Waals surface area contributed by atoms with Crippen LogP contribution >= 0.6 is 15.9 Å². The molecule has 10 heteroatoms. The molecular weight excluding hydrogens is 500 g/mol. The normalized spacial score (nSPS) is 13.0. The predicted molar refractivity (Wildman–Crippen MR) is 125 cm³/mol. The van der Waals surface area contributed by atoms with E-state index < -0.39 is 21.3 Å². The Morgan fingerprint density at radius 2 is 1.88 bits per heavy atom. The summed E-state index contributed by atoms with van der Waals surface area (Å²) < 4.78 is 42.7. The molecule has 0 fully saturated rings. The minimum absolute atomic E-state index is 0.00419. The summed E-state index contributed by atoms with van der Waals surface area (Å²) in [5.41, 5.74) is 1.30. The van der Waals surface area contributed by atoms with Crippen molar-refractivity contribution in [2.75, 3.05) is 20.7 Å². The summed E-state index contributed by atoms with van der Waals surface area (Å²) in [5.74, 6) is -0.795. The second-order valence-electron chi connectivity index (χ2n) is 7.66. The quantitative estimate of drug-likeness (QED) is 0.356. The van der Waals surface area contributed by atoms with E-state index in [0.717, 1.165) is 0 Å². The Bertz CT molecular complexity index is 1270. The highest BCUT2D eigenvalue weighted by atomic mass is 79.9. The second-order valence-corrected chi connectivity index (χ2v) is 10.0. The van der Waals surface area contributed by atoms with Crippen LogP contribution in [0.25, 0.3) is 10.9 Å². The van der Waals surface area contributed by atoms with Gasteiger partial charge in [0.05, 0.1) is 27.9 Å². The van der Waals surface area contributed by atoms with Gasteiger partial charge in [-0.2, -0.15) is 8.42 Å². The molecule has 0 bridgehead atoms. The highest BCUT2D eigenvalue weighted by molar-refractivity contribution is 9.10. The van der Waals surface area contributed by atoms with Crippen molar-refractivity contribution in [1.29, 1.82) is 0 Å². The smallest absolute Gasteiger partial charge is 0.340 e. The molecule has 2 aromatic carbocycles. The average Bonchev–Trinajstić information content (AvgIpc) is 2.97. The van der Waals surface area contributed by atoms with Gasteiger partial charge in [0.15, 0.2) is 5.25 Å². The molecule has 8 nitrogen and oxygen atoms in total. The Hall–Kier alpha value is -2.40. The van der Waals surface area contributed by atoms with Gasteiger partial charge in [-0.05, 0) is 48.6 Å². The molecule has 0 aliphatic rings. The first kappa shape index (κ1) is 24.2. The number of aryl methyl sites for hydroxylation is 1. The number of ether oxygens (including phenoxy) is 1. The van der Waals surface area contributed by atoms with Gasteiger partial charge in [-0.3, -0.25) is 4.55 Å². The molecule has 0 spiro atoms. The summed E-state index contributed by atoms with van der Waals surface area (Å²) in [5, 5.41) is 9.63. The van der Waals surface area contributed by atoms with Crippen molar-refractivity contribution in [3.63, 3.8) is 0 Å². The maximum Gasteiger partial charge on any atom is 0.340 e. The molecule has 2 N–H and O–H groups in total. The van der Waals surface area contributed by atoms with E-state index in [1.807, 2.05) is 19.0 Å². The number of phenols is 1. The first-order chi connectivity index (χ1) is 15.0. The largest absolute Gasteiger partial charge is 0.506 e. The van der Waals surface area contributed by atoms with Crippen LogP contribution in [0.5, 0.6) is 5.75 Å². The molecule has 1 atom stereocenters. The SMILES string of the molecule is CCOC(=O)c1c(C(c2ccccc2)S(=O)(=O)O)n(C)c2cc(Br)c(O)c(CN(C)C)c12. The third kappa shape index (κ3) is 4.40. The number of halogens is 1. The summed E-state index contributed by atoms with van der Waals surface area (Å²) in [6, 6.07) is 9.78. The van der Waals surface area contributed by atoms with Crippen molar-refractivity contribution in [3.05, 3.63) is 63.3 Å².